The molecule has 0 unspecified atom stereocenters. The minimum absolute atomic E-state index is 0.580. The van der Waals surface area contributed by atoms with Crippen LogP contribution in [0, 0.1) is 0 Å². The van der Waals surface area contributed by atoms with E-state index in [-0.39, 0.29) is 0 Å². The predicted molar refractivity (Wildman–Crippen MR) is 63.4 cm³/mol. The van der Waals surface area contributed by atoms with Crippen LogP contribution >= 0.6 is 0 Å². The van der Waals surface area contributed by atoms with Crippen molar-refractivity contribution in [3.8, 4) is 0 Å². The van der Waals surface area contributed by atoms with Gasteiger partial charge in [0.2, 0.25) is 0 Å². The van der Waals surface area contributed by atoms with Gasteiger partial charge in [-0.2, -0.15) is 0 Å². The molecule has 2 rings (SSSR count). The van der Waals surface area contributed by atoms with Crippen molar-refractivity contribution in [1.82, 2.24) is 15.0 Å². The molecule has 1 saturated heterocycles. The summed E-state index contributed by atoms with van der Waals surface area (Å²) in [4.78, 5) is 29.6. The number of hydrogen-bond donors (Lipinski definition) is 5. The van der Waals surface area contributed by atoms with Gasteiger partial charge < -0.3 is 24.9 Å². The van der Waals surface area contributed by atoms with Crippen molar-refractivity contribution in [2.24, 2.45) is 0 Å². The van der Waals surface area contributed by atoms with E-state index in [4.69, 9.17) is 14.7 Å². The molecule has 1 aliphatic heterocycles. The molecule has 1 aliphatic rings. The molecule has 20 heavy (non-hydrogen) atoms. The van der Waals surface area contributed by atoms with Crippen LogP contribution in [-0.2, 0) is 15.4 Å². The van der Waals surface area contributed by atoms with Crippen molar-refractivity contribution >= 4 is 0 Å². The fraction of sp³-hybridized carbons (Fsp3) is 0.600. The second kappa shape index (κ2) is 5.44. The first kappa shape index (κ1) is 14.8. The highest BCUT2D eigenvalue weighted by molar-refractivity contribution is 4.99. The molecule has 1 aromatic rings. The van der Waals surface area contributed by atoms with Gasteiger partial charge in [-0.1, -0.05) is 0 Å². The molecule has 2 heterocycles. The first-order valence-electron chi connectivity index (χ1n) is 5.73. The van der Waals surface area contributed by atoms with Crippen LogP contribution in [0.15, 0.2) is 21.9 Å². The van der Waals surface area contributed by atoms with Crippen LogP contribution in [0.3, 0.4) is 0 Å². The van der Waals surface area contributed by atoms with E-state index in [9.17, 15) is 19.8 Å². The van der Waals surface area contributed by atoms with Gasteiger partial charge in [-0.15, -0.1) is 5.48 Å². The van der Waals surface area contributed by atoms with Crippen molar-refractivity contribution in [3.05, 3.63) is 33.1 Å². The lowest BCUT2D eigenvalue weighted by Gasteiger charge is -2.32. The number of hydrogen-bond acceptors (Lipinski definition) is 8. The van der Waals surface area contributed by atoms with E-state index in [0.717, 1.165) is 16.8 Å². The molecule has 112 valence electrons. The molecule has 0 aliphatic carbocycles. The van der Waals surface area contributed by atoms with Gasteiger partial charge in [0.25, 0.3) is 11.4 Å². The molecule has 1 fully saturated rings. The third-order valence-corrected chi connectivity index (χ3v) is 3.05. The molecular weight excluding hydrogens is 274 g/mol. The zero-order valence-electron chi connectivity index (χ0n) is 10.5. The second-order valence-corrected chi connectivity index (χ2v) is 4.26. The number of aliphatic hydroxyl groups is 3. The molecule has 0 radical (unpaired) electrons. The van der Waals surface area contributed by atoms with Gasteiger partial charge in [-0.25, -0.2) is 4.79 Å². The summed E-state index contributed by atoms with van der Waals surface area (Å²) in [5.41, 5.74) is 0.760. The predicted octanol–water partition coefficient (Wildman–Crippen LogP) is -3.59. The number of nitrogens with one attached hydrogen (secondary N) is 2. The van der Waals surface area contributed by atoms with Crippen LogP contribution in [0.2, 0.25) is 0 Å². The summed E-state index contributed by atoms with van der Waals surface area (Å²) in [6.07, 6.45) is -3.14. The van der Waals surface area contributed by atoms with Crippen LogP contribution in [0.5, 0.6) is 0 Å². The van der Waals surface area contributed by atoms with E-state index in [1.165, 1.54) is 7.11 Å². The van der Waals surface area contributed by atoms with Gasteiger partial charge in [-0.05, 0) is 0 Å². The van der Waals surface area contributed by atoms with Gasteiger partial charge in [-0.3, -0.25) is 14.3 Å². The standard InChI is InChI=1S/C10H15N3O7/c1-19-12-10(8(17)7(16)5(4-14)20-10)13-3-2-6(15)11-9(13)18/h2-3,5,7-8,12,14,16-17H,4H2,1H3,(H,11,15,18)/t5-,7-,8-,10+/m1/s1. The largest absolute Gasteiger partial charge is 0.394 e. The summed E-state index contributed by atoms with van der Waals surface area (Å²) in [5, 5.41) is 29.0. The highest BCUT2D eigenvalue weighted by Crippen LogP contribution is 2.32. The van der Waals surface area contributed by atoms with E-state index in [2.05, 4.69) is 5.48 Å². The molecule has 10 nitrogen and oxygen atoms in total. The zero-order valence-corrected chi connectivity index (χ0v) is 10.5. The van der Waals surface area contributed by atoms with E-state index in [1.807, 2.05) is 4.98 Å². The monoisotopic (exact) mass is 289 g/mol. The summed E-state index contributed by atoms with van der Waals surface area (Å²) < 4.78 is 6.15. The van der Waals surface area contributed by atoms with E-state index >= 15 is 0 Å². The Morgan fingerprint density at radius 1 is 1.55 bits per heavy atom. The zero-order chi connectivity index (χ0) is 14.9. The number of aromatic amines is 1. The number of ether oxygens (including phenoxy) is 1. The van der Waals surface area contributed by atoms with Crippen molar-refractivity contribution < 1.29 is 24.9 Å². The molecule has 0 amide bonds. The minimum Gasteiger partial charge on any atom is -0.394 e. The fourth-order valence-electron chi connectivity index (χ4n) is 2.11. The normalized spacial score (nSPS) is 33.5. The van der Waals surface area contributed by atoms with Gasteiger partial charge in [0.05, 0.1) is 13.7 Å². The Morgan fingerprint density at radius 3 is 2.75 bits per heavy atom. The maximum Gasteiger partial charge on any atom is 0.331 e. The quantitative estimate of drug-likeness (QED) is 0.357. The summed E-state index contributed by atoms with van der Waals surface area (Å²) >= 11 is 0. The number of rotatable bonds is 4. The molecule has 0 saturated carbocycles. The summed E-state index contributed by atoms with van der Waals surface area (Å²) in [6.45, 7) is -0.580. The third kappa shape index (κ3) is 2.18. The van der Waals surface area contributed by atoms with Crippen LogP contribution < -0.4 is 16.7 Å². The Bertz CT molecular complexity index is 585. The van der Waals surface area contributed by atoms with Crippen molar-refractivity contribution in [2.75, 3.05) is 13.7 Å². The molecule has 10 heteroatoms. The first-order chi connectivity index (χ1) is 9.46. The average Bonchev–Trinajstić information content (AvgIpc) is 2.65. The van der Waals surface area contributed by atoms with E-state index in [1.54, 1.807) is 0 Å². The van der Waals surface area contributed by atoms with Crippen molar-refractivity contribution in [1.29, 1.82) is 0 Å². The van der Waals surface area contributed by atoms with Crippen molar-refractivity contribution in [2.45, 2.75) is 24.2 Å². The number of H-pyrrole nitrogens is 1. The molecule has 1 aromatic heterocycles. The van der Waals surface area contributed by atoms with Gasteiger partial charge >= 0.3 is 5.69 Å². The van der Waals surface area contributed by atoms with Crippen LogP contribution in [0.25, 0.3) is 0 Å². The maximum absolute atomic E-state index is 11.8. The number of aliphatic hydroxyl groups excluding tert-OH is 3. The Kier molecular flexibility index (Phi) is 4.04. The van der Waals surface area contributed by atoms with Gasteiger partial charge in [0.1, 0.15) is 18.3 Å². The van der Waals surface area contributed by atoms with Crippen LogP contribution in [0.1, 0.15) is 0 Å². The Labute approximate surface area is 112 Å². The molecular formula is C10H15N3O7. The average molecular weight is 289 g/mol. The maximum atomic E-state index is 11.8. The Balaban J connectivity index is 2.55. The van der Waals surface area contributed by atoms with Crippen molar-refractivity contribution in [3.63, 3.8) is 0 Å². The van der Waals surface area contributed by atoms with E-state index < -0.39 is 42.0 Å². The highest BCUT2D eigenvalue weighted by atomic mass is 16.7. The molecule has 0 bridgehead atoms. The van der Waals surface area contributed by atoms with Gasteiger partial charge in [0.15, 0.2) is 0 Å². The summed E-state index contributed by atoms with van der Waals surface area (Å²) in [6, 6.07) is 1.04. The lowest BCUT2D eigenvalue weighted by molar-refractivity contribution is -0.232. The SMILES string of the molecule is CON[C@@]1(n2ccc(=O)[nH]c2=O)O[C@H](CO)[C@@H](O)[C@H]1O. The molecule has 0 spiro atoms. The summed E-state index contributed by atoms with van der Waals surface area (Å²) in [7, 11) is 1.22. The third-order valence-electron chi connectivity index (χ3n) is 3.05. The number of nitrogens with zero attached hydrogens (tertiary/aromatic N) is 1. The summed E-state index contributed by atoms with van der Waals surface area (Å²) in [5.74, 6) is -1.97. The lowest BCUT2D eigenvalue weighted by atomic mass is 10.1. The van der Waals surface area contributed by atoms with Crippen LogP contribution in [-0.4, -0.2) is 56.9 Å². The first-order valence-corrected chi connectivity index (χ1v) is 5.73. The lowest BCUT2D eigenvalue weighted by Crippen LogP contribution is -2.59. The number of hydroxylamine groups is 1. The smallest absolute Gasteiger partial charge is 0.331 e. The Hall–Kier alpha value is -1.56. The second-order valence-electron chi connectivity index (χ2n) is 4.26. The number of aromatic nitrogens is 2. The minimum atomic E-state index is -1.97. The van der Waals surface area contributed by atoms with E-state index in [0.29, 0.717) is 0 Å². The van der Waals surface area contributed by atoms with Gasteiger partial charge in [0, 0.05) is 12.3 Å². The molecule has 5 N–H and O–H groups in total. The Morgan fingerprint density at radius 2 is 2.25 bits per heavy atom. The highest BCUT2D eigenvalue weighted by Gasteiger charge is 2.56. The fourth-order valence-corrected chi connectivity index (χ4v) is 2.11. The molecule has 0 aromatic carbocycles. The molecule has 4 atom stereocenters. The van der Waals surface area contributed by atoms with Crippen LogP contribution in [0.4, 0.5) is 0 Å². The topological polar surface area (TPSA) is 146 Å².